The van der Waals surface area contributed by atoms with Crippen molar-refractivity contribution in [3.8, 4) is 0 Å². The Labute approximate surface area is 152 Å². The van der Waals surface area contributed by atoms with E-state index in [4.69, 9.17) is 11.6 Å². The first kappa shape index (κ1) is 17.5. The van der Waals surface area contributed by atoms with Gasteiger partial charge in [-0.15, -0.1) is 0 Å². The minimum Gasteiger partial charge on any atom is -0.352 e. The molecule has 0 atom stereocenters. The molecule has 0 aliphatic carbocycles. The molecular formula is C19H23ClN4O. The molecule has 0 fully saturated rings. The van der Waals surface area contributed by atoms with Crippen LogP contribution in [0.3, 0.4) is 0 Å². The third-order valence-corrected chi connectivity index (χ3v) is 5.01. The number of nitrogens with zero attached hydrogens (tertiary/aromatic N) is 3. The Morgan fingerprint density at radius 2 is 2.00 bits per heavy atom. The Kier molecular flexibility index (Phi) is 4.60. The number of hydrogen-bond acceptors (Lipinski definition) is 2. The number of benzene rings is 1. The van der Waals surface area contributed by atoms with E-state index < -0.39 is 0 Å². The maximum absolute atomic E-state index is 12.5. The number of fused-ring (bicyclic) bond motifs is 1. The highest BCUT2D eigenvalue weighted by molar-refractivity contribution is 6.29. The van der Waals surface area contributed by atoms with Crippen LogP contribution in [0.25, 0.3) is 11.0 Å². The first-order chi connectivity index (χ1) is 11.8. The van der Waals surface area contributed by atoms with Crippen LogP contribution in [0.15, 0.2) is 24.3 Å². The molecule has 6 heteroatoms. The minimum atomic E-state index is -0.113. The van der Waals surface area contributed by atoms with E-state index >= 15 is 0 Å². The summed E-state index contributed by atoms with van der Waals surface area (Å²) in [6.45, 7) is 8.73. The topological polar surface area (TPSA) is 51.9 Å². The summed E-state index contributed by atoms with van der Waals surface area (Å²) < 4.78 is 4.07. The molecule has 1 N–H and O–H groups in total. The average molecular weight is 359 g/mol. The predicted octanol–water partition coefficient (Wildman–Crippen LogP) is 4.16. The summed E-state index contributed by atoms with van der Waals surface area (Å²) in [7, 11) is 2.03. The van der Waals surface area contributed by atoms with Crippen LogP contribution in [-0.2, 0) is 13.6 Å². The van der Waals surface area contributed by atoms with Gasteiger partial charge in [-0.25, -0.2) is 4.98 Å². The standard InChI is InChI=1S/C19H23ClN4O/c1-11(2)24-17-7-6-14(9-16(17)22-19(24)20)18(25)21-10-15-8-12(3)23(5)13(15)4/h6-9,11H,10H2,1-5H3,(H,21,25). The summed E-state index contributed by atoms with van der Waals surface area (Å²) in [5.41, 5.74) is 5.72. The van der Waals surface area contributed by atoms with E-state index in [-0.39, 0.29) is 11.9 Å². The highest BCUT2D eigenvalue weighted by atomic mass is 35.5. The Morgan fingerprint density at radius 3 is 2.60 bits per heavy atom. The summed E-state index contributed by atoms with van der Waals surface area (Å²) in [6, 6.07) is 7.82. The zero-order valence-corrected chi connectivity index (χ0v) is 16.0. The molecule has 0 aliphatic rings. The van der Waals surface area contributed by atoms with Gasteiger partial charge in [0.25, 0.3) is 5.91 Å². The summed E-state index contributed by atoms with van der Waals surface area (Å²) in [6.07, 6.45) is 0. The van der Waals surface area contributed by atoms with Crippen molar-refractivity contribution in [2.45, 2.75) is 40.3 Å². The van der Waals surface area contributed by atoms with E-state index in [0.29, 0.717) is 17.4 Å². The van der Waals surface area contributed by atoms with Crippen LogP contribution in [0.1, 0.15) is 47.2 Å². The smallest absolute Gasteiger partial charge is 0.251 e. The largest absolute Gasteiger partial charge is 0.352 e. The number of carbonyl (C=O) groups is 1. The Bertz CT molecular complexity index is 952. The molecular weight excluding hydrogens is 336 g/mol. The van der Waals surface area contributed by atoms with Crippen LogP contribution in [-0.4, -0.2) is 20.0 Å². The van der Waals surface area contributed by atoms with Gasteiger partial charge in [0.15, 0.2) is 0 Å². The Morgan fingerprint density at radius 1 is 1.28 bits per heavy atom. The molecule has 0 saturated carbocycles. The fourth-order valence-corrected chi connectivity index (χ4v) is 3.47. The molecule has 0 radical (unpaired) electrons. The van der Waals surface area contributed by atoms with Crippen LogP contribution in [0.4, 0.5) is 0 Å². The number of halogens is 1. The van der Waals surface area contributed by atoms with Gasteiger partial charge in [0.1, 0.15) is 0 Å². The van der Waals surface area contributed by atoms with E-state index in [0.717, 1.165) is 22.3 Å². The second-order valence-electron chi connectivity index (χ2n) is 6.69. The summed E-state index contributed by atoms with van der Waals surface area (Å²) in [4.78, 5) is 16.9. The van der Waals surface area contributed by atoms with Gasteiger partial charge in [-0.05, 0) is 69.1 Å². The van der Waals surface area contributed by atoms with Gasteiger partial charge in [-0.2, -0.15) is 0 Å². The van der Waals surface area contributed by atoms with Gasteiger partial charge in [-0.1, -0.05) is 0 Å². The molecule has 5 nitrogen and oxygen atoms in total. The predicted molar refractivity (Wildman–Crippen MR) is 101 cm³/mol. The molecule has 132 valence electrons. The van der Waals surface area contributed by atoms with Crippen LogP contribution >= 0.6 is 11.6 Å². The molecule has 1 aromatic carbocycles. The lowest BCUT2D eigenvalue weighted by Gasteiger charge is -2.10. The summed E-state index contributed by atoms with van der Waals surface area (Å²) in [5, 5.41) is 3.43. The lowest BCUT2D eigenvalue weighted by atomic mass is 10.1. The highest BCUT2D eigenvalue weighted by Crippen LogP contribution is 2.25. The zero-order valence-electron chi connectivity index (χ0n) is 15.2. The van der Waals surface area contributed by atoms with Gasteiger partial charge in [-0.3, -0.25) is 4.79 Å². The SMILES string of the molecule is Cc1cc(CNC(=O)c2ccc3c(c2)nc(Cl)n3C(C)C)c(C)n1C. The average Bonchev–Trinajstić information content (AvgIpc) is 3.02. The third-order valence-electron chi connectivity index (χ3n) is 4.74. The molecule has 0 spiro atoms. The zero-order chi connectivity index (χ0) is 18.3. The summed E-state index contributed by atoms with van der Waals surface area (Å²) >= 11 is 6.22. The molecule has 3 rings (SSSR count). The van der Waals surface area contributed by atoms with Gasteiger partial charge in [0.2, 0.25) is 5.28 Å². The van der Waals surface area contributed by atoms with Crippen molar-refractivity contribution in [3.63, 3.8) is 0 Å². The first-order valence-electron chi connectivity index (χ1n) is 8.37. The number of carbonyl (C=O) groups excluding carboxylic acids is 1. The van der Waals surface area contributed by atoms with Crippen molar-refractivity contribution < 1.29 is 4.79 Å². The normalized spacial score (nSPS) is 11.5. The molecule has 0 aliphatic heterocycles. The maximum Gasteiger partial charge on any atom is 0.251 e. The molecule has 3 aromatic rings. The van der Waals surface area contributed by atoms with E-state index in [1.54, 1.807) is 6.07 Å². The lowest BCUT2D eigenvalue weighted by Crippen LogP contribution is -2.23. The quantitative estimate of drug-likeness (QED) is 0.761. The number of nitrogens with one attached hydrogen (secondary N) is 1. The van der Waals surface area contributed by atoms with Crippen molar-refractivity contribution in [1.29, 1.82) is 0 Å². The van der Waals surface area contributed by atoms with Crippen molar-refractivity contribution in [1.82, 2.24) is 19.4 Å². The van der Waals surface area contributed by atoms with Crippen LogP contribution in [0, 0.1) is 13.8 Å². The maximum atomic E-state index is 12.5. The number of imidazole rings is 1. The molecule has 0 saturated heterocycles. The van der Waals surface area contributed by atoms with Gasteiger partial charge in [0.05, 0.1) is 11.0 Å². The van der Waals surface area contributed by atoms with Gasteiger partial charge >= 0.3 is 0 Å². The lowest BCUT2D eigenvalue weighted by molar-refractivity contribution is 0.0951. The van der Waals surface area contributed by atoms with Crippen molar-refractivity contribution in [3.05, 3.63) is 52.1 Å². The number of amides is 1. The monoisotopic (exact) mass is 358 g/mol. The molecule has 0 bridgehead atoms. The number of rotatable bonds is 4. The Balaban J connectivity index is 1.81. The van der Waals surface area contributed by atoms with E-state index in [2.05, 4.69) is 48.6 Å². The molecule has 0 unspecified atom stereocenters. The fourth-order valence-electron chi connectivity index (χ4n) is 3.09. The van der Waals surface area contributed by atoms with Gasteiger partial charge < -0.3 is 14.5 Å². The van der Waals surface area contributed by atoms with E-state index in [9.17, 15) is 4.79 Å². The van der Waals surface area contributed by atoms with Crippen LogP contribution in [0.5, 0.6) is 0 Å². The van der Waals surface area contributed by atoms with Crippen LogP contribution < -0.4 is 5.32 Å². The first-order valence-corrected chi connectivity index (χ1v) is 8.75. The van der Waals surface area contributed by atoms with Gasteiger partial charge in [0, 0.05) is 36.6 Å². The van der Waals surface area contributed by atoms with Crippen molar-refractivity contribution in [2.24, 2.45) is 7.05 Å². The molecule has 25 heavy (non-hydrogen) atoms. The second kappa shape index (κ2) is 6.56. The summed E-state index contributed by atoms with van der Waals surface area (Å²) in [5.74, 6) is -0.113. The number of hydrogen-bond donors (Lipinski definition) is 1. The van der Waals surface area contributed by atoms with Crippen LogP contribution in [0.2, 0.25) is 5.28 Å². The van der Waals surface area contributed by atoms with E-state index in [1.807, 2.05) is 23.7 Å². The van der Waals surface area contributed by atoms with E-state index in [1.165, 1.54) is 5.69 Å². The number of aromatic nitrogens is 3. The third kappa shape index (κ3) is 3.16. The van der Waals surface area contributed by atoms with Crippen molar-refractivity contribution >= 4 is 28.5 Å². The fraction of sp³-hybridized carbons (Fsp3) is 0.368. The second-order valence-corrected chi connectivity index (χ2v) is 7.02. The molecule has 2 aromatic heterocycles. The molecule has 1 amide bonds. The van der Waals surface area contributed by atoms with Crippen molar-refractivity contribution in [2.75, 3.05) is 0 Å². The Hall–Kier alpha value is -2.27. The molecule has 2 heterocycles. The minimum absolute atomic E-state index is 0.113. The number of aryl methyl sites for hydroxylation is 1. The highest BCUT2D eigenvalue weighted by Gasteiger charge is 2.14.